The SMILES string of the molecule is CC(C)(CCO)CNC(=O)C(C)(C)Br. The number of alkyl halides is 1. The van der Waals surface area contributed by atoms with E-state index >= 15 is 0 Å². The van der Waals surface area contributed by atoms with Crippen molar-refractivity contribution in [3.05, 3.63) is 0 Å². The number of rotatable bonds is 5. The Morgan fingerprint density at radius 3 is 2.21 bits per heavy atom. The standard InChI is InChI=1S/C10H20BrNO2/c1-9(2,5-6-13)7-12-8(14)10(3,4)11/h13H,5-7H2,1-4H3,(H,12,14). The van der Waals surface area contributed by atoms with Crippen molar-refractivity contribution in [2.45, 2.75) is 38.4 Å². The van der Waals surface area contributed by atoms with Crippen LogP contribution in [0.4, 0.5) is 0 Å². The quantitative estimate of drug-likeness (QED) is 0.744. The van der Waals surface area contributed by atoms with Crippen LogP contribution in [0.1, 0.15) is 34.1 Å². The van der Waals surface area contributed by atoms with Gasteiger partial charge in [0.25, 0.3) is 0 Å². The first kappa shape index (κ1) is 13.9. The lowest BCUT2D eigenvalue weighted by Gasteiger charge is -2.26. The summed E-state index contributed by atoms with van der Waals surface area (Å²) in [5.41, 5.74) is -0.0529. The predicted octanol–water partition coefficient (Wildman–Crippen LogP) is 1.68. The van der Waals surface area contributed by atoms with Crippen molar-refractivity contribution < 1.29 is 9.90 Å². The van der Waals surface area contributed by atoms with Gasteiger partial charge in [-0.3, -0.25) is 4.79 Å². The Labute approximate surface area is 94.4 Å². The van der Waals surface area contributed by atoms with Gasteiger partial charge in [0.05, 0.1) is 4.32 Å². The van der Waals surface area contributed by atoms with Gasteiger partial charge in [0.15, 0.2) is 0 Å². The summed E-state index contributed by atoms with van der Waals surface area (Å²) in [5.74, 6) is -0.0245. The molecule has 0 aromatic carbocycles. The summed E-state index contributed by atoms with van der Waals surface area (Å²) in [7, 11) is 0. The minimum atomic E-state index is -0.526. The maximum absolute atomic E-state index is 11.5. The Kier molecular flexibility index (Phi) is 5.09. The summed E-state index contributed by atoms with van der Waals surface area (Å²) < 4.78 is -0.526. The molecule has 0 aliphatic rings. The smallest absolute Gasteiger partial charge is 0.236 e. The monoisotopic (exact) mass is 265 g/mol. The maximum Gasteiger partial charge on any atom is 0.236 e. The number of nitrogens with one attached hydrogen (secondary N) is 1. The molecule has 84 valence electrons. The summed E-state index contributed by atoms with van der Waals surface area (Å²) in [5, 5.41) is 11.7. The highest BCUT2D eigenvalue weighted by molar-refractivity contribution is 9.10. The minimum Gasteiger partial charge on any atom is -0.396 e. The maximum atomic E-state index is 11.5. The van der Waals surface area contributed by atoms with E-state index < -0.39 is 4.32 Å². The molecule has 0 saturated heterocycles. The number of hydrogen-bond donors (Lipinski definition) is 2. The van der Waals surface area contributed by atoms with Gasteiger partial charge < -0.3 is 10.4 Å². The molecule has 0 unspecified atom stereocenters. The Morgan fingerprint density at radius 2 is 1.86 bits per heavy atom. The molecule has 0 spiro atoms. The van der Waals surface area contributed by atoms with Crippen molar-refractivity contribution in [3.8, 4) is 0 Å². The first-order chi connectivity index (χ1) is 6.19. The summed E-state index contributed by atoms with van der Waals surface area (Å²) in [6.45, 7) is 8.39. The van der Waals surface area contributed by atoms with Gasteiger partial charge in [0.2, 0.25) is 5.91 Å². The molecule has 4 heteroatoms. The molecule has 14 heavy (non-hydrogen) atoms. The van der Waals surface area contributed by atoms with Gasteiger partial charge >= 0.3 is 0 Å². The zero-order valence-electron chi connectivity index (χ0n) is 9.35. The molecule has 0 aliphatic heterocycles. The van der Waals surface area contributed by atoms with Crippen LogP contribution in [0.3, 0.4) is 0 Å². The number of amides is 1. The van der Waals surface area contributed by atoms with Crippen molar-refractivity contribution in [3.63, 3.8) is 0 Å². The summed E-state index contributed by atoms with van der Waals surface area (Å²) in [4.78, 5) is 11.5. The normalized spacial score (nSPS) is 12.7. The molecule has 2 N–H and O–H groups in total. The van der Waals surface area contributed by atoms with Crippen molar-refractivity contribution in [1.29, 1.82) is 0 Å². The molecule has 0 radical (unpaired) electrons. The zero-order chi connectivity index (χ0) is 11.4. The molecule has 0 saturated carbocycles. The summed E-state index contributed by atoms with van der Waals surface area (Å²) in [6, 6.07) is 0. The fraction of sp³-hybridized carbons (Fsp3) is 0.900. The van der Waals surface area contributed by atoms with Crippen LogP contribution >= 0.6 is 15.9 Å². The number of carbonyl (C=O) groups is 1. The van der Waals surface area contributed by atoms with Crippen LogP contribution in [-0.2, 0) is 4.79 Å². The second-order valence-corrected chi connectivity index (χ2v) is 6.78. The Morgan fingerprint density at radius 1 is 1.36 bits per heavy atom. The average molecular weight is 266 g/mol. The minimum absolute atomic E-state index is 0.0245. The Bertz CT molecular complexity index is 197. The van der Waals surface area contributed by atoms with Crippen LogP contribution in [-0.4, -0.2) is 28.5 Å². The van der Waals surface area contributed by atoms with E-state index in [1.807, 2.05) is 13.8 Å². The number of aliphatic hydroxyl groups excluding tert-OH is 1. The lowest BCUT2D eigenvalue weighted by molar-refractivity contribution is -0.123. The van der Waals surface area contributed by atoms with Crippen LogP contribution in [0.5, 0.6) is 0 Å². The molecular weight excluding hydrogens is 246 g/mol. The fourth-order valence-corrected chi connectivity index (χ4v) is 1.06. The van der Waals surface area contributed by atoms with Crippen LogP contribution in [0.15, 0.2) is 0 Å². The van der Waals surface area contributed by atoms with E-state index in [1.54, 1.807) is 13.8 Å². The van der Waals surface area contributed by atoms with E-state index in [2.05, 4.69) is 21.2 Å². The molecule has 0 bridgehead atoms. The lowest BCUT2D eigenvalue weighted by Crippen LogP contribution is -2.42. The van der Waals surface area contributed by atoms with E-state index in [1.165, 1.54) is 0 Å². The van der Waals surface area contributed by atoms with Crippen molar-refractivity contribution in [2.75, 3.05) is 13.2 Å². The van der Waals surface area contributed by atoms with Crippen LogP contribution in [0.25, 0.3) is 0 Å². The zero-order valence-corrected chi connectivity index (χ0v) is 10.9. The fourth-order valence-electron chi connectivity index (χ4n) is 0.921. The van der Waals surface area contributed by atoms with Crippen molar-refractivity contribution in [1.82, 2.24) is 5.32 Å². The molecule has 0 heterocycles. The van der Waals surface area contributed by atoms with E-state index in [-0.39, 0.29) is 17.9 Å². The Hall–Kier alpha value is -0.0900. The topological polar surface area (TPSA) is 49.3 Å². The van der Waals surface area contributed by atoms with E-state index in [0.717, 1.165) is 0 Å². The van der Waals surface area contributed by atoms with Gasteiger partial charge in [-0.1, -0.05) is 29.8 Å². The van der Waals surface area contributed by atoms with Gasteiger partial charge in [-0.25, -0.2) is 0 Å². The van der Waals surface area contributed by atoms with Gasteiger partial charge in [0.1, 0.15) is 0 Å². The number of halogens is 1. The molecule has 3 nitrogen and oxygen atoms in total. The van der Waals surface area contributed by atoms with E-state index in [0.29, 0.717) is 13.0 Å². The third-order valence-corrected chi connectivity index (χ3v) is 2.42. The molecule has 0 aromatic rings. The highest BCUT2D eigenvalue weighted by Gasteiger charge is 2.25. The molecule has 0 fully saturated rings. The third-order valence-electron chi connectivity index (χ3n) is 2.06. The first-order valence-electron chi connectivity index (χ1n) is 4.77. The number of hydrogen-bond acceptors (Lipinski definition) is 2. The van der Waals surface area contributed by atoms with Crippen LogP contribution < -0.4 is 5.32 Å². The van der Waals surface area contributed by atoms with Crippen molar-refractivity contribution in [2.24, 2.45) is 5.41 Å². The highest BCUT2D eigenvalue weighted by Crippen LogP contribution is 2.20. The lowest BCUT2D eigenvalue weighted by atomic mass is 9.89. The van der Waals surface area contributed by atoms with E-state index in [9.17, 15) is 4.79 Å². The van der Waals surface area contributed by atoms with Crippen LogP contribution in [0, 0.1) is 5.41 Å². The van der Waals surface area contributed by atoms with Gasteiger partial charge in [-0.2, -0.15) is 0 Å². The predicted molar refractivity (Wildman–Crippen MR) is 61.5 cm³/mol. The summed E-state index contributed by atoms with van der Waals surface area (Å²) >= 11 is 3.29. The Balaban J connectivity index is 4.00. The molecule has 0 rings (SSSR count). The molecule has 0 aliphatic carbocycles. The number of aliphatic hydroxyl groups is 1. The first-order valence-corrected chi connectivity index (χ1v) is 5.56. The van der Waals surface area contributed by atoms with Crippen molar-refractivity contribution >= 4 is 21.8 Å². The second-order valence-electron chi connectivity index (χ2n) is 4.79. The largest absolute Gasteiger partial charge is 0.396 e. The van der Waals surface area contributed by atoms with Gasteiger partial charge in [-0.05, 0) is 25.7 Å². The number of carbonyl (C=O) groups excluding carboxylic acids is 1. The average Bonchev–Trinajstić information content (AvgIpc) is 1.98. The molecular formula is C10H20BrNO2. The van der Waals surface area contributed by atoms with Gasteiger partial charge in [-0.15, -0.1) is 0 Å². The third kappa shape index (κ3) is 5.60. The van der Waals surface area contributed by atoms with E-state index in [4.69, 9.17) is 5.11 Å². The second kappa shape index (κ2) is 5.12. The molecule has 0 atom stereocenters. The van der Waals surface area contributed by atoms with Crippen LogP contribution in [0.2, 0.25) is 0 Å². The highest BCUT2D eigenvalue weighted by atomic mass is 79.9. The summed E-state index contributed by atoms with van der Waals surface area (Å²) in [6.07, 6.45) is 0.690. The molecule has 1 amide bonds. The molecule has 0 aromatic heterocycles. The van der Waals surface area contributed by atoms with Gasteiger partial charge in [0, 0.05) is 13.2 Å².